The SMILES string of the molecule is Cc1cc(C)c(S(=O)(=O)Cl)c(C)c1C(=O)OC(C)(C)C. The molecule has 1 rings (SSSR count). The van der Waals surface area contributed by atoms with Gasteiger partial charge in [0, 0.05) is 10.7 Å². The Kier molecular flexibility index (Phi) is 4.56. The van der Waals surface area contributed by atoms with Crippen LogP contribution in [0, 0.1) is 20.8 Å². The summed E-state index contributed by atoms with van der Waals surface area (Å²) in [4.78, 5) is 12.2. The molecule has 0 aliphatic heterocycles. The van der Waals surface area contributed by atoms with Gasteiger partial charge in [0.1, 0.15) is 5.60 Å². The van der Waals surface area contributed by atoms with E-state index in [0.717, 1.165) is 0 Å². The minimum Gasteiger partial charge on any atom is -0.456 e. The van der Waals surface area contributed by atoms with Gasteiger partial charge in [-0.25, -0.2) is 13.2 Å². The van der Waals surface area contributed by atoms with Crippen LogP contribution in [0.4, 0.5) is 0 Å². The molecule has 0 atom stereocenters. The van der Waals surface area contributed by atoms with Gasteiger partial charge in [-0.1, -0.05) is 6.07 Å². The van der Waals surface area contributed by atoms with Crippen molar-refractivity contribution < 1.29 is 17.9 Å². The number of rotatable bonds is 2. The third-order valence-electron chi connectivity index (χ3n) is 2.75. The van der Waals surface area contributed by atoms with Gasteiger partial charge in [0.05, 0.1) is 10.5 Å². The third kappa shape index (κ3) is 3.73. The first-order valence-corrected chi connectivity index (χ1v) is 8.44. The molecule has 0 aliphatic rings. The molecule has 0 fully saturated rings. The molecular formula is C14H19ClO4S. The number of aryl methyl sites for hydroxylation is 2. The van der Waals surface area contributed by atoms with Crippen molar-refractivity contribution in [1.29, 1.82) is 0 Å². The maximum atomic E-state index is 12.2. The lowest BCUT2D eigenvalue weighted by Gasteiger charge is -2.22. The van der Waals surface area contributed by atoms with Crippen molar-refractivity contribution in [2.75, 3.05) is 0 Å². The summed E-state index contributed by atoms with van der Waals surface area (Å²) in [6, 6.07) is 1.63. The summed E-state index contributed by atoms with van der Waals surface area (Å²) in [5.74, 6) is -0.547. The summed E-state index contributed by atoms with van der Waals surface area (Å²) in [6.45, 7) is 10.2. The molecule has 0 amide bonds. The van der Waals surface area contributed by atoms with E-state index >= 15 is 0 Å². The maximum Gasteiger partial charge on any atom is 0.339 e. The van der Waals surface area contributed by atoms with Crippen LogP contribution in [0.1, 0.15) is 47.8 Å². The predicted octanol–water partition coefficient (Wildman–Crippen LogP) is 3.49. The first kappa shape index (κ1) is 17.0. The molecule has 0 N–H and O–H groups in total. The average molecular weight is 319 g/mol. The van der Waals surface area contributed by atoms with Gasteiger partial charge in [0.2, 0.25) is 0 Å². The second-order valence-electron chi connectivity index (χ2n) is 5.78. The number of hydrogen-bond donors (Lipinski definition) is 0. The van der Waals surface area contributed by atoms with E-state index in [0.29, 0.717) is 16.7 Å². The fourth-order valence-electron chi connectivity index (χ4n) is 2.19. The zero-order chi connectivity index (χ0) is 15.9. The van der Waals surface area contributed by atoms with Gasteiger partial charge in [-0.05, 0) is 58.2 Å². The van der Waals surface area contributed by atoms with Crippen LogP contribution in [0.2, 0.25) is 0 Å². The van der Waals surface area contributed by atoms with Gasteiger partial charge >= 0.3 is 5.97 Å². The van der Waals surface area contributed by atoms with Crippen molar-refractivity contribution in [1.82, 2.24) is 0 Å². The summed E-state index contributed by atoms with van der Waals surface area (Å²) in [6.07, 6.45) is 0. The van der Waals surface area contributed by atoms with Crippen molar-refractivity contribution in [3.8, 4) is 0 Å². The van der Waals surface area contributed by atoms with Crippen LogP contribution >= 0.6 is 10.7 Å². The minimum atomic E-state index is -3.92. The molecule has 0 aliphatic carbocycles. The summed E-state index contributed by atoms with van der Waals surface area (Å²) in [5, 5.41) is 0. The monoisotopic (exact) mass is 318 g/mol. The van der Waals surface area contributed by atoms with Crippen LogP contribution in [0.15, 0.2) is 11.0 Å². The second-order valence-corrected chi connectivity index (χ2v) is 8.28. The Hall–Kier alpha value is -1.07. The van der Waals surface area contributed by atoms with Gasteiger partial charge < -0.3 is 4.74 Å². The van der Waals surface area contributed by atoms with Crippen molar-refractivity contribution in [3.05, 3.63) is 28.3 Å². The van der Waals surface area contributed by atoms with Crippen LogP contribution in [0.25, 0.3) is 0 Å². The standard InChI is InChI=1S/C14H19ClO4S/c1-8-7-9(2)12(20(15,17)18)10(3)11(8)13(16)19-14(4,5)6/h7H,1-6H3. The smallest absolute Gasteiger partial charge is 0.339 e. The summed E-state index contributed by atoms with van der Waals surface area (Å²) >= 11 is 0. The third-order valence-corrected chi connectivity index (χ3v) is 4.33. The van der Waals surface area contributed by atoms with Crippen LogP contribution in [-0.2, 0) is 13.8 Å². The molecular weight excluding hydrogens is 300 g/mol. The van der Waals surface area contributed by atoms with Gasteiger partial charge in [0.25, 0.3) is 9.05 Å². The Morgan fingerprint density at radius 3 is 2.05 bits per heavy atom. The fraction of sp³-hybridized carbons (Fsp3) is 0.500. The van der Waals surface area contributed by atoms with Crippen molar-refractivity contribution in [2.45, 2.75) is 52.0 Å². The van der Waals surface area contributed by atoms with Gasteiger partial charge in [-0.15, -0.1) is 0 Å². The quantitative estimate of drug-likeness (QED) is 0.618. The number of ether oxygens (including phenoxy) is 1. The van der Waals surface area contributed by atoms with Crippen LogP contribution in [0.3, 0.4) is 0 Å². The first-order chi connectivity index (χ1) is 8.84. The Balaban J connectivity index is 3.54. The molecule has 6 heteroatoms. The van der Waals surface area contributed by atoms with E-state index in [-0.39, 0.29) is 10.5 Å². The Labute approximate surface area is 124 Å². The molecule has 20 heavy (non-hydrogen) atoms. The lowest BCUT2D eigenvalue weighted by molar-refractivity contribution is 0.00676. The first-order valence-electron chi connectivity index (χ1n) is 6.13. The van der Waals surface area contributed by atoms with E-state index in [2.05, 4.69) is 0 Å². The fourth-order valence-corrected chi connectivity index (χ4v) is 3.81. The number of esters is 1. The van der Waals surface area contributed by atoms with Crippen molar-refractivity contribution in [2.24, 2.45) is 0 Å². The van der Waals surface area contributed by atoms with Crippen LogP contribution in [-0.4, -0.2) is 20.0 Å². The lowest BCUT2D eigenvalue weighted by Crippen LogP contribution is -2.25. The van der Waals surface area contributed by atoms with E-state index < -0.39 is 20.6 Å². The number of hydrogen-bond acceptors (Lipinski definition) is 4. The zero-order valence-corrected chi connectivity index (χ0v) is 14.1. The molecule has 0 aromatic heterocycles. The highest BCUT2D eigenvalue weighted by Crippen LogP contribution is 2.30. The Bertz CT molecular complexity index is 655. The molecule has 0 bridgehead atoms. The topological polar surface area (TPSA) is 60.4 Å². The molecule has 4 nitrogen and oxygen atoms in total. The average Bonchev–Trinajstić information content (AvgIpc) is 2.09. The Morgan fingerprint density at radius 1 is 1.15 bits per heavy atom. The van der Waals surface area contributed by atoms with Crippen molar-refractivity contribution in [3.63, 3.8) is 0 Å². The van der Waals surface area contributed by atoms with Crippen LogP contribution < -0.4 is 0 Å². The number of halogens is 1. The number of benzene rings is 1. The van der Waals surface area contributed by atoms with E-state index in [4.69, 9.17) is 15.4 Å². The predicted molar refractivity (Wildman–Crippen MR) is 78.9 cm³/mol. The highest BCUT2D eigenvalue weighted by Gasteiger charge is 2.26. The molecule has 0 unspecified atom stereocenters. The molecule has 0 radical (unpaired) electrons. The lowest BCUT2D eigenvalue weighted by atomic mass is 9.99. The molecule has 0 saturated carbocycles. The second kappa shape index (κ2) is 5.37. The summed E-state index contributed by atoms with van der Waals surface area (Å²) in [7, 11) is 1.54. The molecule has 1 aromatic rings. The largest absolute Gasteiger partial charge is 0.456 e. The highest BCUT2D eigenvalue weighted by molar-refractivity contribution is 8.13. The van der Waals surface area contributed by atoms with Gasteiger partial charge in [-0.3, -0.25) is 0 Å². The maximum absolute atomic E-state index is 12.2. The highest BCUT2D eigenvalue weighted by atomic mass is 35.7. The molecule has 1 aromatic carbocycles. The summed E-state index contributed by atoms with van der Waals surface area (Å²) in [5.41, 5.74) is 1.11. The van der Waals surface area contributed by atoms with E-state index in [9.17, 15) is 13.2 Å². The zero-order valence-electron chi connectivity index (χ0n) is 12.5. The molecule has 0 saturated heterocycles. The van der Waals surface area contributed by atoms with Gasteiger partial charge in [-0.2, -0.15) is 0 Å². The Morgan fingerprint density at radius 2 is 1.65 bits per heavy atom. The van der Waals surface area contributed by atoms with Gasteiger partial charge in [0.15, 0.2) is 0 Å². The minimum absolute atomic E-state index is 0.0226. The molecule has 0 heterocycles. The number of carbonyl (C=O) groups is 1. The van der Waals surface area contributed by atoms with E-state index in [1.807, 2.05) is 0 Å². The van der Waals surface area contributed by atoms with Crippen LogP contribution in [0.5, 0.6) is 0 Å². The number of carbonyl (C=O) groups excluding carboxylic acids is 1. The van der Waals surface area contributed by atoms with Crippen molar-refractivity contribution >= 4 is 25.7 Å². The van der Waals surface area contributed by atoms with E-state index in [1.165, 1.54) is 0 Å². The molecule has 0 spiro atoms. The van der Waals surface area contributed by atoms with E-state index in [1.54, 1.807) is 47.6 Å². The normalized spacial score (nSPS) is 12.3. The summed E-state index contributed by atoms with van der Waals surface area (Å²) < 4.78 is 28.6. The molecule has 112 valence electrons.